The summed E-state index contributed by atoms with van der Waals surface area (Å²) in [4.78, 5) is 14.2. The molecule has 232 valence electrons. The summed E-state index contributed by atoms with van der Waals surface area (Å²) in [6.07, 6.45) is 8.58. The molecule has 4 aliphatic rings. The van der Waals surface area contributed by atoms with Gasteiger partial charge in [-0.05, 0) is 87.4 Å². The third-order valence-corrected chi connectivity index (χ3v) is 11.3. The molecule has 0 spiro atoms. The second-order valence-corrected chi connectivity index (χ2v) is 13.7. The topological polar surface area (TPSA) is 159 Å². The first kappa shape index (κ1) is 32.3. The molecule has 0 amide bonds. The summed E-state index contributed by atoms with van der Waals surface area (Å²) in [5.74, 6) is 0.556. The normalized spacial score (nSPS) is 40.0. The van der Waals surface area contributed by atoms with Crippen LogP contribution in [0.4, 0.5) is 0 Å². The molecule has 4 rings (SSSR count). The van der Waals surface area contributed by atoms with Gasteiger partial charge in [-0.1, -0.05) is 12.8 Å². The molecule has 11 unspecified atom stereocenters. The van der Waals surface area contributed by atoms with Crippen molar-refractivity contribution in [1.82, 2.24) is 0 Å². The number of carbonyl (C=O) groups excluding carboxylic acids is 1. The summed E-state index contributed by atoms with van der Waals surface area (Å²) in [7, 11) is 3.20. The first-order valence-corrected chi connectivity index (χ1v) is 16.1. The standard InChI is InChI=1S/C31H56N2O7/c1-39-26-16-19(5-8-22(26)34)6-9-23(35)29(31(12-3-4-13-31)21-11-14-33-28(32)18-21)24(36)10-7-20-15-25(37)30(38)27(17-20)40-2/h19-23,25-30,33-35,37-38H,3-18,32H2,1-2H3/p+1. The van der Waals surface area contributed by atoms with Crippen molar-refractivity contribution < 1.29 is 40.0 Å². The van der Waals surface area contributed by atoms with Gasteiger partial charge < -0.3 is 35.2 Å². The SMILES string of the molecule is COC1CC(CCC(O)C(C(=O)CCC2CC(O)C(O)C(OC)C2)C2(C3CC[NH2+]C(N)C3)CCCC2)CCC1O. The van der Waals surface area contributed by atoms with Crippen molar-refractivity contribution in [3.63, 3.8) is 0 Å². The van der Waals surface area contributed by atoms with Crippen LogP contribution in [-0.2, 0) is 14.3 Å². The molecular weight excluding hydrogens is 512 g/mol. The Hall–Kier alpha value is -0.650. The minimum absolute atomic E-state index is 0.0462. The van der Waals surface area contributed by atoms with E-state index < -0.39 is 36.4 Å². The van der Waals surface area contributed by atoms with Crippen molar-refractivity contribution in [3.8, 4) is 0 Å². The number of ether oxygens (including phenoxy) is 2. The monoisotopic (exact) mass is 569 g/mol. The summed E-state index contributed by atoms with van der Waals surface area (Å²) >= 11 is 0. The maximum Gasteiger partial charge on any atom is 0.139 e. The quantitative estimate of drug-likeness (QED) is 0.205. The number of aliphatic hydroxyl groups is 4. The molecule has 0 aromatic heterocycles. The van der Waals surface area contributed by atoms with E-state index >= 15 is 0 Å². The smallest absolute Gasteiger partial charge is 0.139 e. The number of hydrogen-bond acceptors (Lipinski definition) is 8. The first-order chi connectivity index (χ1) is 19.2. The van der Waals surface area contributed by atoms with Gasteiger partial charge >= 0.3 is 0 Å². The Morgan fingerprint density at radius 1 is 0.925 bits per heavy atom. The van der Waals surface area contributed by atoms with Crippen LogP contribution in [0.5, 0.6) is 0 Å². The summed E-state index contributed by atoms with van der Waals surface area (Å²) in [5.41, 5.74) is 6.20. The highest BCUT2D eigenvalue weighted by molar-refractivity contribution is 5.82. The van der Waals surface area contributed by atoms with Crippen molar-refractivity contribution in [3.05, 3.63) is 0 Å². The van der Waals surface area contributed by atoms with Crippen LogP contribution in [0.3, 0.4) is 0 Å². The van der Waals surface area contributed by atoms with Gasteiger partial charge in [0.1, 0.15) is 18.1 Å². The molecule has 4 fully saturated rings. The van der Waals surface area contributed by atoms with Crippen LogP contribution in [0.15, 0.2) is 0 Å². The van der Waals surface area contributed by atoms with Crippen LogP contribution >= 0.6 is 0 Å². The average molecular weight is 570 g/mol. The molecule has 0 aromatic carbocycles. The second kappa shape index (κ2) is 14.7. The molecule has 8 N–H and O–H groups in total. The van der Waals surface area contributed by atoms with Crippen LogP contribution in [-0.4, -0.2) is 89.8 Å². The summed E-state index contributed by atoms with van der Waals surface area (Å²) in [6, 6.07) is 0. The Kier molecular flexibility index (Phi) is 11.8. The number of piperidine rings is 1. The van der Waals surface area contributed by atoms with Gasteiger partial charge in [0.15, 0.2) is 0 Å². The number of aliphatic hydroxyl groups excluding tert-OH is 4. The molecule has 0 radical (unpaired) electrons. The number of nitrogens with two attached hydrogens (primary N) is 2. The van der Waals surface area contributed by atoms with E-state index in [0.29, 0.717) is 50.4 Å². The molecule has 9 nitrogen and oxygen atoms in total. The largest absolute Gasteiger partial charge is 0.392 e. The van der Waals surface area contributed by atoms with E-state index in [1.165, 1.54) is 0 Å². The van der Waals surface area contributed by atoms with Crippen molar-refractivity contribution in [2.45, 2.75) is 139 Å². The van der Waals surface area contributed by atoms with E-state index in [-0.39, 0.29) is 29.4 Å². The number of quaternary nitrogens is 1. The maximum absolute atomic E-state index is 14.2. The fourth-order valence-electron chi connectivity index (χ4n) is 9.05. The number of rotatable bonds is 12. The Morgan fingerprint density at radius 2 is 1.62 bits per heavy atom. The van der Waals surface area contributed by atoms with Crippen LogP contribution in [0, 0.1) is 29.1 Å². The van der Waals surface area contributed by atoms with Crippen LogP contribution in [0.2, 0.25) is 0 Å². The van der Waals surface area contributed by atoms with Gasteiger partial charge in [0.25, 0.3) is 0 Å². The fraction of sp³-hybridized carbons (Fsp3) is 0.968. The highest BCUT2D eigenvalue weighted by atomic mass is 16.5. The average Bonchev–Trinajstić information content (AvgIpc) is 3.44. The maximum atomic E-state index is 14.2. The summed E-state index contributed by atoms with van der Waals surface area (Å²) < 4.78 is 10.9. The molecular formula is C31H57N2O7+. The third-order valence-electron chi connectivity index (χ3n) is 11.3. The van der Waals surface area contributed by atoms with Crippen molar-refractivity contribution in [1.29, 1.82) is 0 Å². The zero-order chi connectivity index (χ0) is 28.9. The zero-order valence-electron chi connectivity index (χ0n) is 24.8. The number of Topliss-reactive ketones (excluding diaryl/α,β-unsaturated/α-hetero) is 1. The summed E-state index contributed by atoms with van der Waals surface area (Å²) in [6.45, 7) is 0.966. The van der Waals surface area contributed by atoms with Gasteiger partial charge in [-0.25, -0.2) is 0 Å². The second-order valence-electron chi connectivity index (χ2n) is 13.7. The Labute approximate surface area is 240 Å². The number of carbonyl (C=O) groups is 1. The minimum atomic E-state index is -0.890. The zero-order valence-corrected chi connectivity index (χ0v) is 24.8. The molecule has 3 saturated carbocycles. The molecule has 40 heavy (non-hydrogen) atoms. The fourth-order valence-corrected chi connectivity index (χ4v) is 9.05. The Bertz CT molecular complexity index is 794. The molecule has 1 heterocycles. The lowest BCUT2D eigenvalue weighted by Crippen LogP contribution is -2.95. The van der Waals surface area contributed by atoms with Crippen molar-refractivity contribution in [2.24, 2.45) is 34.8 Å². The van der Waals surface area contributed by atoms with E-state index in [0.717, 1.165) is 64.3 Å². The summed E-state index contributed by atoms with van der Waals surface area (Å²) in [5, 5.41) is 44.9. The van der Waals surface area contributed by atoms with Crippen molar-refractivity contribution >= 4 is 5.78 Å². The highest BCUT2D eigenvalue weighted by Gasteiger charge is 2.53. The predicted molar refractivity (Wildman–Crippen MR) is 151 cm³/mol. The van der Waals surface area contributed by atoms with E-state index in [1.807, 2.05) is 0 Å². The molecule has 1 aliphatic heterocycles. The lowest BCUT2D eigenvalue weighted by atomic mass is 9.58. The van der Waals surface area contributed by atoms with E-state index in [1.54, 1.807) is 14.2 Å². The number of methoxy groups -OCH3 is 2. The van der Waals surface area contributed by atoms with E-state index in [2.05, 4.69) is 5.32 Å². The molecule has 1 saturated heterocycles. The minimum Gasteiger partial charge on any atom is -0.392 e. The van der Waals surface area contributed by atoms with E-state index in [4.69, 9.17) is 15.2 Å². The van der Waals surface area contributed by atoms with Crippen molar-refractivity contribution in [2.75, 3.05) is 20.8 Å². The van der Waals surface area contributed by atoms with Gasteiger partial charge in [-0.15, -0.1) is 0 Å². The number of ketones is 1. The van der Waals surface area contributed by atoms with Crippen LogP contribution in [0.1, 0.15) is 96.3 Å². The van der Waals surface area contributed by atoms with Gasteiger partial charge in [0, 0.05) is 39.4 Å². The number of hydrogen-bond donors (Lipinski definition) is 6. The van der Waals surface area contributed by atoms with Gasteiger partial charge in [0.2, 0.25) is 0 Å². The Balaban J connectivity index is 1.48. The van der Waals surface area contributed by atoms with Gasteiger partial charge in [-0.3, -0.25) is 10.5 Å². The molecule has 11 atom stereocenters. The lowest BCUT2D eigenvalue weighted by Gasteiger charge is -2.47. The van der Waals surface area contributed by atoms with Gasteiger partial charge in [0.05, 0.1) is 37.1 Å². The third kappa shape index (κ3) is 7.46. The first-order valence-electron chi connectivity index (χ1n) is 16.1. The van der Waals surface area contributed by atoms with Crippen LogP contribution in [0.25, 0.3) is 0 Å². The Morgan fingerprint density at radius 3 is 2.30 bits per heavy atom. The van der Waals surface area contributed by atoms with E-state index in [9.17, 15) is 25.2 Å². The van der Waals surface area contributed by atoms with Gasteiger partial charge in [-0.2, -0.15) is 0 Å². The molecule has 0 aromatic rings. The predicted octanol–water partition coefficient (Wildman–Crippen LogP) is 1.23. The molecule has 9 heteroatoms. The lowest BCUT2D eigenvalue weighted by molar-refractivity contribution is -0.700. The highest BCUT2D eigenvalue weighted by Crippen LogP contribution is 2.55. The molecule has 0 bridgehead atoms. The van der Waals surface area contributed by atoms with Crippen LogP contribution < -0.4 is 11.1 Å². The molecule has 3 aliphatic carbocycles.